The van der Waals surface area contributed by atoms with E-state index in [1.54, 1.807) is 11.5 Å². The van der Waals surface area contributed by atoms with Crippen molar-refractivity contribution in [3.8, 4) is 0 Å². The molecule has 164 valence electrons. The molecule has 1 N–H and O–H groups in total. The van der Waals surface area contributed by atoms with Crippen molar-refractivity contribution in [3.05, 3.63) is 99.0 Å². The molecule has 32 heavy (non-hydrogen) atoms. The lowest BCUT2D eigenvalue weighted by atomic mass is 10.1. The first-order valence-corrected chi connectivity index (χ1v) is 10.5. The molecule has 2 aromatic carbocycles. The average molecular weight is 432 g/mol. The number of aryl methyl sites for hydroxylation is 1. The molecule has 2 heterocycles. The van der Waals surface area contributed by atoms with Gasteiger partial charge in [0.25, 0.3) is 5.56 Å². The number of aliphatic carboxylic acids is 1. The lowest BCUT2D eigenvalue weighted by molar-refractivity contribution is -0.141. The van der Waals surface area contributed by atoms with E-state index in [-0.39, 0.29) is 24.1 Å². The molecule has 1 atom stereocenters. The van der Waals surface area contributed by atoms with Gasteiger partial charge in [0.1, 0.15) is 6.04 Å². The van der Waals surface area contributed by atoms with E-state index in [1.165, 1.54) is 6.33 Å². The molecule has 0 fully saturated rings. The van der Waals surface area contributed by atoms with Crippen molar-refractivity contribution in [2.24, 2.45) is 0 Å². The fourth-order valence-electron chi connectivity index (χ4n) is 3.93. The molecule has 0 saturated carbocycles. The molecule has 0 saturated heterocycles. The molecular formula is C24H24N4O4. The van der Waals surface area contributed by atoms with Crippen LogP contribution in [-0.2, 0) is 24.3 Å². The number of carboxylic acid groups (broad SMARTS) is 1. The third-order valence-electron chi connectivity index (χ3n) is 5.58. The zero-order chi connectivity index (χ0) is 22.7. The molecular weight excluding hydrogens is 408 g/mol. The Hall–Kier alpha value is -3.94. The molecule has 4 rings (SSSR count). The minimum absolute atomic E-state index is 0.0983. The number of hydrogen-bond donors (Lipinski definition) is 1. The van der Waals surface area contributed by atoms with Gasteiger partial charge in [0.05, 0.1) is 6.33 Å². The molecule has 8 heteroatoms. The third kappa shape index (κ3) is 3.99. The molecule has 0 aliphatic rings. The molecule has 1 unspecified atom stereocenters. The highest BCUT2D eigenvalue weighted by Crippen LogP contribution is 2.17. The molecule has 4 aromatic rings. The first-order chi connectivity index (χ1) is 15.5. The van der Waals surface area contributed by atoms with Gasteiger partial charge < -0.3 is 9.67 Å². The van der Waals surface area contributed by atoms with E-state index in [0.29, 0.717) is 13.0 Å². The minimum atomic E-state index is -1.14. The first-order valence-electron chi connectivity index (χ1n) is 10.5. The standard InChI is InChI=1S/C24H24N4O4/c1-2-19(23(30)31)28-21-20(26(16-25-21)15-18-11-7-4-8-12-18)22(29)27(24(28)32)14-13-17-9-5-3-6-10-17/h3-12,16,19H,2,13-15H2,1H3,(H,30,31). The van der Waals surface area contributed by atoms with E-state index < -0.39 is 23.3 Å². The van der Waals surface area contributed by atoms with Crippen LogP contribution < -0.4 is 11.2 Å². The maximum Gasteiger partial charge on any atom is 0.333 e. The van der Waals surface area contributed by atoms with Crippen LogP contribution in [0.4, 0.5) is 0 Å². The summed E-state index contributed by atoms with van der Waals surface area (Å²) in [6, 6.07) is 18.0. The van der Waals surface area contributed by atoms with Crippen LogP contribution in [0.5, 0.6) is 0 Å². The number of carbonyl (C=O) groups is 1. The Balaban J connectivity index is 1.89. The van der Waals surface area contributed by atoms with Crippen LogP contribution in [0.15, 0.2) is 76.6 Å². The number of imidazole rings is 1. The van der Waals surface area contributed by atoms with E-state index in [0.717, 1.165) is 20.3 Å². The molecule has 0 radical (unpaired) electrons. The van der Waals surface area contributed by atoms with Crippen LogP contribution in [0.1, 0.15) is 30.5 Å². The van der Waals surface area contributed by atoms with E-state index in [9.17, 15) is 19.5 Å². The van der Waals surface area contributed by atoms with Gasteiger partial charge in [-0.2, -0.15) is 0 Å². The van der Waals surface area contributed by atoms with Gasteiger partial charge in [-0.25, -0.2) is 14.6 Å². The summed E-state index contributed by atoms with van der Waals surface area (Å²) in [7, 11) is 0. The van der Waals surface area contributed by atoms with Gasteiger partial charge in [-0.3, -0.25) is 13.9 Å². The van der Waals surface area contributed by atoms with Gasteiger partial charge in [-0.05, 0) is 24.0 Å². The van der Waals surface area contributed by atoms with E-state index in [2.05, 4.69) is 4.98 Å². The highest BCUT2D eigenvalue weighted by molar-refractivity contribution is 5.76. The van der Waals surface area contributed by atoms with E-state index in [1.807, 2.05) is 60.7 Å². The van der Waals surface area contributed by atoms with Crippen molar-refractivity contribution in [2.75, 3.05) is 0 Å². The van der Waals surface area contributed by atoms with Crippen LogP contribution in [0.25, 0.3) is 11.2 Å². The minimum Gasteiger partial charge on any atom is -0.480 e. The second kappa shape index (κ2) is 9.05. The molecule has 0 amide bonds. The molecule has 0 aliphatic carbocycles. The zero-order valence-corrected chi connectivity index (χ0v) is 17.7. The van der Waals surface area contributed by atoms with Gasteiger partial charge in [0.2, 0.25) is 0 Å². The van der Waals surface area contributed by atoms with Gasteiger partial charge in [-0.15, -0.1) is 0 Å². The summed E-state index contributed by atoms with van der Waals surface area (Å²) >= 11 is 0. The Labute approximate surface area is 184 Å². The van der Waals surface area contributed by atoms with Crippen LogP contribution in [0.3, 0.4) is 0 Å². The SMILES string of the molecule is CCC(C(=O)O)n1c(=O)n(CCc2ccccc2)c(=O)c2c1ncn2Cc1ccccc1. The number of carboxylic acids is 1. The monoisotopic (exact) mass is 432 g/mol. The summed E-state index contributed by atoms with van der Waals surface area (Å²) in [6.07, 6.45) is 2.15. The lowest BCUT2D eigenvalue weighted by Gasteiger charge is -2.17. The maximum absolute atomic E-state index is 13.4. The summed E-state index contributed by atoms with van der Waals surface area (Å²) in [4.78, 5) is 42.9. The number of fused-ring (bicyclic) bond motifs is 1. The maximum atomic E-state index is 13.4. The van der Waals surface area contributed by atoms with Crippen LogP contribution in [0, 0.1) is 0 Å². The Morgan fingerprint density at radius 3 is 2.22 bits per heavy atom. The smallest absolute Gasteiger partial charge is 0.333 e. The lowest BCUT2D eigenvalue weighted by Crippen LogP contribution is -2.43. The zero-order valence-electron chi connectivity index (χ0n) is 17.7. The largest absolute Gasteiger partial charge is 0.480 e. The van der Waals surface area contributed by atoms with Crippen LogP contribution in [0.2, 0.25) is 0 Å². The van der Waals surface area contributed by atoms with Gasteiger partial charge >= 0.3 is 11.7 Å². The predicted octanol–water partition coefficient (Wildman–Crippen LogP) is 2.69. The average Bonchev–Trinajstić information content (AvgIpc) is 3.21. The highest BCUT2D eigenvalue weighted by atomic mass is 16.4. The van der Waals surface area contributed by atoms with E-state index >= 15 is 0 Å². The van der Waals surface area contributed by atoms with Crippen molar-refractivity contribution in [1.82, 2.24) is 18.7 Å². The van der Waals surface area contributed by atoms with Gasteiger partial charge in [0.15, 0.2) is 11.2 Å². The molecule has 0 spiro atoms. The second-order valence-electron chi connectivity index (χ2n) is 7.64. The summed E-state index contributed by atoms with van der Waals surface area (Å²) in [6.45, 7) is 2.22. The summed E-state index contributed by atoms with van der Waals surface area (Å²) in [5, 5.41) is 9.74. The van der Waals surface area contributed by atoms with Crippen molar-refractivity contribution in [1.29, 1.82) is 0 Å². The molecule has 0 bridgehead atoms. The summed E-state index contributed by atoms with van der Waals surface area (Å²) in [5.74, 6) is -1.14. The highest BCUT2D eigenvalue weighted by Gasteiger charge is 2.26. The second-order valence-corrected chi connectivity index (χ2v) is 7.64. The van der Waals surface area contributed by atoms with Crippen molar-refractivity contribution >= 4 is 17.1 Å². The Bertz CT molecular complexity index is 1350. The van der Waals surface area contributed by atoms with Gasteiger partial charge in [0, 0.05) is 13.1 Å². The Morgan fingerprint density at radius 1 is 1.00 bits per heavy atom. The number of hydrogen-bond acceptors (Lipinski definition) is 4. The van der Waals surface area contributed by atoms with Crippen LogP contribution >= 0.6 is 0 Å². The van der Waals surface area contributed by atoms with Crippen molar-refractivity contribution in [2.45, 2.75) is 38.9 Å². The number of benzene rings is 2. The fourth-order valence-corrected chi connectivity index (χ4v) is 3.93. The van der Waals surface area contributed by atoms with Gasteiger partial charge in [-0.1, -0.05) is 67.6 Å². The molecule has 8 nitrogen and oxygen atoms in total. The Morgan fingerprint density at radius 2 is 1.62 bits per heavy atom. The molecule has 0 aliphatic heterocycles. The molecule has 2 aromatic heterocycles. The van der Waals surface area contributed by atoms with Crippen LogP contribution in [-0.4, -0.2) is 29.8 Å². The number of rotatable bonds is 8. The summed E-state index contributed by atoms with van der Waals surface area (Å²) in [5.41, 5.74) is 1.14. The quantitative estimate of drug-likeness (QED) is 0.462. The number of aromatic nitrogens is 4. The Kier molecular flexibility index (Phi) is 6.02. The third-order valence-corrected chi connectivity index (χ3v) is 5.58. The first kappa shape index (κ1) is 21.3. The fraction of sp³-hybridized carbons (Fsp3) is 0.250. The topological polar surface area (TPSA) is 99.1 Å². The van der Waals surface area contributed by atoms with E-state index in [4.69, 9.17) is 0 Å². The predicted molar refractivity (Wildman–Crippen MR) is 121 cm³/mol. The summed E-state index contributed by atoms with van der Waals surface area (Å²) < 4.78 is 3.95. The van der Waals surface area contributed by atoms with Crippen molar-refractivity contribution in [3.63, 3.8) is 0 Å². The number of nitrogens with zero attached hydrogens (tertiary/aromatic N) is 4. The normalized spacial score (nSPS) is 12.2. The van der Waals surface area contributed by atoms with Crippen molar-refractivity contribution < 1.29 is 9.90 Å².